The summed E-state index contributed by atoms with van der Waals surface area (Å²) >= 11 is 0. The van der Waals surface area contributed by atoms with Gasteiger partial charge in [0.2, 0.25) is 5.88 Å². The van der Waals surface area contributed by atoms with E-state index in [1.54, 1.807) is 20.3 Å². The summed E-state index contributed by atoms with van der Waals surface area (Å²) in [5.41, 5.74) is 10.9. The van der Waals surface area contributed by atoms with Crippen molar-refractivity contribution in [2.75, 3.05) is 38.8 Å². The van der Waals surface area contributed by atoms with Crippen molar-refractivity contribution in [2.45, 2.75) is 50.9 Å². The van der Waals surface area contributed by atoms with E-state index in [-0.39, 0.29) is 18.0 Å². The molecule has 3 atom stereocenters. The molecular weight excluding hydrogens is 618 g/mol. The van der Waals surface area contributed by atoms with Gasteiger partial charge in [0.15, 0.2) is 5.82 Å². The Morgan fingerprint density at radius 2 is 1.78 bits per heavy atom. The van der Waals surface area contributed by atoms with Gasteiger partial charge in [0, 0.05) is 67.7 Å². The number of hydrogen-bond acceptors (Lipinski definition) is 9. The molecular formula is C37H39N9O3. The summed E-state index contributed by atoms with van der Waals surface area (Å²) in [5, 5.41) is 10.4. The number of ether oxygens (including phenoxy) is 2. The van der Waals surface area contributed by atoms with Crippen molar-refractivity contribution >= 4 is 33.8 Å². The number of imidazole rings is 1. The van der Waals surface area contributed by atoms with Gasteiger partial charge in [-0.3, -0.25) is 4.79 Å². The number of nitrogens with two attached hydrogens (primary N) is 1. The Labute approximate surface area is 284 Å². The van der Waals surface area contributed by atoms with E-state index < -0.39 is 0 Å². The molecule has 12 nitrogen and oxygen atoms in total. The van der Waals surface area contributed by atoms with Gasteiger partial charge < -0.3 is 34.1 Å². The summed E-state index contributed by atoms with van der Waals surface area (Å²) < 4.78 is 16.1. The Bertz CT molecular complexity index is 2160. The van der Waals surface area contributed by atoms with E-state index in [9.17, 15) is 10.1 Å². The van der Waals surface area contributed by atoms with Crippen LogP contribution in [0.4, 0.5) is 5.82 Å². The molecule has 2 aliphatic heterocycles. The number of nitrogens with zero attached hydrogens (tertiary/aromatic N) is 8. The number of likely N-dealkylation sites (tertiary alicyclic amines) is 1. The predicted octanol–water partition coefficient (Wildman–Crippen LogP) is 4.44. The number of piperidine rings is 1. The highest BCUT2D eigenvalue weighted by molar-refractivity contribution is 6.00. The lowest BCUT2D eigenvalue weighted by Gasteiger charge is -2.40. The Hall–Kier alpha value is -5.15. The fourth-order valence-electron chi connectivity index (χ4n) is 8.27. The minimum absolute atomic E-state index is 0.0140. The molecule has 4 aromatic heterocycles. The van der Waals surface area contributed by atoms with Gasteiger partial charge >= 0.3 is 0 Å². The largest absolute Gasteiger partial charge is 0.494 e. The number of aromatic nitrogens is 5. The molecule has 0 radical (unpaired) electrons. The molecule has 250 valence electrons. The van der Waals surface area contributed by atoms with Gasteiger partial charge in [-0.1, -0.05) is 6.07 Å². The standard InChI is InChI=1S/C37H39N9O3/c1-48-30-14-25(37(47)45-20-24-8-10-28(45)33(24)39)12-27-34(30)46(19-22-16-43(17-22)31-5-3-4-26(15-38)40-31)36(41-27)29-13-23-9-11-32(49-2)42-35(23)44(29)18-21-6-7-21/h3-5,9,11-14,21-22,24,28,33H,6-8,10,16-20,39H2,1-2H3/t24-,28-,33-/m1/s1. The third-order valence-electron chi connectivity index (χ3n) is 11.1. The molecule has 0 unspecified atom stereocenters. The van der Waals surface area contributed by atoms with Crippen LogP contribution in [0.15, 0.2) is 48.5 Å². The second kappa shape index (κ2) is 11.5. The van der Waals surface area contributed by atoms with E-state index in [0.717, 1.165) is 71.9 Å². The Morgan fingerprint density at radius 1 is 0.939 bits per heavy atom. The third kappa shape index (κ3) is 4.98. The second-order valence-electron chi connectivity index (χ2n) is 14.1. The van der Waals surface area contributed by atoms with Crippen LogP contribution in [-0.2, 0) is 13.1 Å². The molecule has 9 rings (SSSR count). The molecule has 49 heavy (non-hydrogen) atoms. The maximum Gasteiger partial charge on any atom is 0.254 e. The lowest BCUT2D eigenvalue weighted by atomic mass is 9.99. The molecule has 2 bridgehead atoms. The molecule has 2 saturated carbocycles. The minimum Gasteiger partial charge on any atom is -0.494 e. The van der Waals surface area contributed by atoms with E-state index in [2.05, 4.69) is 37.2 Å². The number of amides is 1. The number of nitriles is 1. The first kappa shape index (κ1) is 29.9. The fraction of sp³-hybridized carbons (Fsp3) is 0.432. The highest BCUT2D eigenvalue weighted by Crippen LogP contribution is 2.41. The Balaban J connectivity index is 1.15. The number of carbonyl (C=O) groups is 1. The van der Waals surface area contributed by atoms with Crippen molar-refractivity contribution in [3.8, 4) is 29.2 Å². The van der Waals surface area contributed by atoms with Gasteiger partial charge in [-0.2, -0.15) is 10.2 Å². The van der Waals surface area contributed by atoms with Gasteiger partial charge in [-0.15, -0.1) is 0 Å². The molecule has 2 saturated heterocycles. The highest BCUT2D eigenvalue weighted by atomic mass is 16.5. The number of anilines is 1. The zero-order chi connectivity index (χ0) is 33.4. The van der Waals surface area contributed by atoms with Crippen LogP contribution >= 0.6 is 0 Å². The number of methoxy groups -OCH3 is 2. The zero-order valence-corrected chi connectivity index (χ0v) is 27.7. The monoisotopic (exact) mass is 657 g/mol. The number of rotatable bonds is 9. The van der Waals surface area contributed by atoms with Crippen molar-refractivity contribution in [1.29, 1.82) is 5.26 Å². The summed E-state index contributed by atoms with van der Waals surface area (Å²) in [5.74, 6) is 4.08. The van der Waals surface area contributed by atoms with Crippen molar-refractivity contribution in [3.05, 3.63) is 59.8 Å². The summed E-state index contributed by atoms with van der Waals surface area (Å²) in [4.78, 5) is 32.8. The van der Waals surface area contributed by atoms with Crippen LogP contribution in [0.1, 0.15) is 41.7 Å². The number of hydrogen-bond donors (Lipinski definition) is 1. The van der Waals surface area contributed by atoms with Crippen LogP contribution in [0.5, 0.6) is 11.6 Å². The molecule has 4 aliphatic rings. The van der Waals surface area contributed by atoms with Crippen molar-refractivity contribution in [2.24, 2.45) is 23.5 Å². The molecule has 1 aromatic carbocycles. The summed E-state index contributed by atoms with van der Waals surface area (Å²) in [6.07, 6.45) is 4.42. The normalized spacial score (nSPS) is 21.8. The molecule has 2 aliphatic carbocycles. The van der Waals surface area contributed by atoms with E-state index in [0.29, 0.717) is 53.7 Å². The van der Waals surface area contributed by atoms with Crippen LogP contribution in [-0.4, -0.2) is 80.8 Å². The van der Waals surface area contributed by atoms with Gasteiger partial charge in [0.25, 0.3) is 5.91 Å². The van der Waals surface area contributed by atoms with Gasteiger partial charge in [-0.05, 0) is 73.9 Å². The second-order valence-corrected chi connectivity index (χ2v) is 14.1. The van der Waals surface area contributed by atoms with E-state index >= 15 is 0 Å². The van der Waals surface area contributed by atoms with E-state index in [1.165, 1.54) is 12.8 Å². The summed E-state index contributed by atoms with van der Waals surface area (Å²) in [6.45, 7) is 3.82. The van der Waals surface area contributed by atoms with E-state index in [1.807, 2.05) is 35.2 Å². The Morgan fingerprint density at radius 3 is 2.49 bits per heavy atom. The first-order valence-electron chi connectivity index (χ1n) is 17.2. The molecule has 5 aromatic rings. The van der Waals surface area contributed by atoms with Crippen LogP contribution in [0, 0.1) is 29.1 Å². The first-order chi connectivity index (χ1) is 23.9. The maximum atomic E-state index is 14.0. The quantitative estimate of drug-likeness (QED) is 0.244. The molecule has 0 spiro atoms. The third-order valence-corrected chi connectivity index (χ3v) is 11.1. The SMILES string of the molecule is COc1ccc2cc(-c3nc4cc(C(=O)N5C[C@H]6CC[C@@H]5[C@@H]6N)cc(OC)c4n3CC3CN(c4cccc(C#N)n4)C3)n(CC3CC3)c2n1. The Kier molecular flexibility index (Phi) is 7.02. The fourth-order valence-corrected chi connectivity index (χ4v) is 8.27. The summed E-state index contributed by atoms with van der Waals surface area (Å²) in [6, 6.07) is 17.8. The molecule has 1 amide bonds. The molecule has 2 N–H and O–H groups in total. The topological polar surface area (TPSA) is 140 Å². The lowest BCUT2D eigenvalue weighted by molar-refractivity contribution is 0.0700. The number of carbonyl (C=O) groups excluding carboxylic acids is 1. The first-order valence-corrected chi connectivity index (χ1v) is 17.2. The summed E-state index contributed by atoms with van der Waals surface area (Å²) in [7, 11) is 3.30. The molecule has 12 heteroatoms. The van der Waals surface area contributed by atoms with Gasteiger partial charge in [-0.25, -0.2) is 9.97 Å². The number of fused-ring (bicyclic) bond motifs is 4. The minimum atomic E-state index is -0.0140. The highest BCUT2D eigenvalue weighted by Gasteiger charge is 2.47. The van der Waals surface area contributed by atoms with Gasteiger partial charge in [0.05, 0.1) is 25.4 Å². The van der Waals surface area contributed by atoms with Crippen molar-refractivity contribution in [1.82, 2.24) is 29.0 Å². The predicted molar refractivity (Wildman–Crippen MR) is 184 cm³/mol. The van der Waals surface area contributed by atoms with Crippen LogP contribution in [0.3, 0.4) is 0 Å². The van der Waals surface area contributed by atoms with Crippen LogP contribution in [0.2, 0.25) is 0 Å². The van der Waals surface area contributed by atoms with Crippen molar-refractivity contribution < 1.29 is 14.3 Å². The molecule has 6 heterocycles. The van der Waals surface area contributed by atoms with Gasteiger partial charge in [0.1, 0.15) is 34.5 Å². The molecule has 4 fully saturated rings. The van der Waals surface area contributed by atoms with Crippen molar-refractivity contribution in [3.63, 3.8) is 0 Å². The zero-order valence-electron chi connectivity index (χ0n) is 27.7. The average molecular weight is 658 g/mol. The maximum absolute atomic E-state index is 14.0. The van der Waals surface area contributed by atoms with Crippen LogP contribution < -0.4 is 20.1 Å². The number of pyridine rings is 2. The average Bonchev–Trinajstić information content (AvgIpc) is 3.48. The smallest absolute Gasteiger partial charge is 0.254 e. The lowest BCUT2D eigenvalue weighted by Crippen LogP contribution is -2.49. The van der Waals surface area contributed by atoms with Crippen LogP contribution in [0.25, 0.3) is 33.6 Å². The number of benzene rings is 1. The van der Waals surface area contributed by atoms with E-state index in [4.69, 9.17) is 25.2 Å².